The lowest BCUT2D eigenvalue weighted by molar-refractivity contribution is 0.554. The molecule has 0 bridgehead atoms. The van der Waals surface area contributed by atoms with E-state index in [4.69, 9.17) is 4.98 Å². The Morgan fingerprint density at radius 3 is 2.95 bits per heavy atom. The number of rotatable bonds is 2. The molecule has 1 saturated carbocycles. The molecule has 0 unspecified atom stereocenters. The van der Waals surface area contributed by atoms with Crippen molar-refractivity contribution in [3.63, 3.8) is 0 Å². The summed E-state index contributed by atoms with van der Waals surface area (Å²) in [5, 5.41) is 0. The molecule has 1 fully saturated rings. The average Bonchev–Trinajstić information content (AvgIpc) is 3.16. The van der Waals surface area contributed by atoms with Gasteiger partial charge in [-0.2, -0.15) is 0 Å². The van der Waals surface area contributed by atoms with E-state index >= 15 is 0 Å². The molecule has 5 nitrogen and oxygen atoms in total. The quantitative estimate of drug-likeness (QED) is 0.797. The fourth-order valence-corrected chi connectivity index (χ4v) is 2.86. The van der Waals surface area contributed by atoms with Crippen LogP contribution in [0, 0.1) is 0 Å². The topological polar surface area (TPSA) is 46.8 Å². The fraction of sp³-hybridized carbons (Fsp3) is 0.462. The van der Waals surface area contributed by atoms with E-state index in [0.717, 1.165) is 41.7 Å². The van der Waals surface area contributed by atoms with E-state index in [-0.39, 0.29) is 0 Å². The maximum Gasteiger partial charge on any atom is 0.135 e. The summed E-state index contributed by atoms with van der Waals surface area (Å²) in [5.74, 6) is 3.67. The van der Waals surface area contributed by atoms with Crippen molar-refractivity contribution >= 4 is 21.7 Å². The van der Waals surface area contributed by atoms with Gasteiger partial charge in [0.25, 0.3) is 0 Å². The Kier molecular flexibility index (Phi) is 2.58. The summed E-state index contributed by atoms with van der Waals surface area (Å²) in [4.78, 5) is 15.9. The van der Waals surface area contributed by atoms with E-state index in [2.05, 4.69) is 35.4 Å². The predicted molar refractivity (Wildman–Crippen MR) is 75.0 cm³/mol. The van der Waals surface area contributed by atoms with E-state index in [9.17, 15) is 0 Å². The molecule has 19 heavy (non-hydrogen) atoms. The van der Waals surface area contributed by atoms with Crippen molar-refractivity contribution in [2.45, 2.75) is 31.8 Å². The Hall–Kier alpha value is -1.43. The van der Waals surface area contributed by atoms with Crippen molar-refractivity contribution in [2.75, 3.05) is 11.4 Å². The number of imidazole rings is 1. The highest BCUT2D eigenvalue weighted by Gasteiger charge is 2.28. The Morgan fingerprint density at radius 2 is 2.11 bits per heavy atom. The second-order valence-electron chi connectivity index (χ2n) is 5.14. The first-order chi connectivity index (χ1) is 9.29. The minimum atomic E-state index is 0.572. The van der Waals surface area contributed by atoms with Crippen molar-refractivity contribution in [3.05, 3.63) is 34.7 Å². The molecule has 0 spiro atoms. The summed E-state index contributed by atoms with van der Waals surface area (Å²) in [5.41, 5.74) is 0. The Morgan fingerprint density at radius 1 is 1.21 bits per heavy atom. The Balaban J connectivity index is 1.66. The van der Waals surface area contributed by atoms with Gasteiger partial charge in [-0.3, -0.25) is 0 Å². The minimum absolute atomic E-state index is 0.572. The van der Waals surface area contributed by atoms with Gasteiger partial charge in [-0.05, 0) is 28.8 Å². The van der Waals surface area contributed by atoms with Crippen LogP contribution in [0.25, 0.3) is 0 Å². The molecule has 1 aliphatic heterocycles. The molecule has 4 rings (SSSR count). The van der Waals surface area contributed by atoms with Gasteiger partial charge in [0.2, 0.25) is 0 Å². The van der Waals surface area contributed by atoms with Crippen molar-refractivity contribution < 1.29 is 0 Å². The van der Waals surface area contributed by atoms with E-state index in [0.29, 0.717) is 5.92 Å². The zero-order valence-electron chi connectivity index (χ0n) is 10.5. The van der Waals surface area contributed by atoms with Crippen LogP contribution >= 0.6 is 15.9 Å². The maximum absolute atomic E-state index is 4.72. The van der Waals surface area contributed by atoms with E-state index < -0.39 is 0 Å². The van der Waals surface area contributed by atoms with E-state index in [1.54, 1.807) is 0 Å². The summed E-state index contributed by atoms with van der Waals surface area (Å²) >= 11 is 3.50. The first kappa shape index (κ1) is 11.4. The number of hydrogen-bond donors (Lipinski definition) is 0. The molecular weight excluding hydrogens is 306 g/mol. The van der Waals surface area contributed by atoms with Crippen LogP contribution in [-0.4, -0.2) is 26.1 Å². The standard InChI is InChI=1S/C13H14BrN5/c14-10-7-11(17-13(16-10)9-1-2-9)19-6-5-18-4-3-15-12(18)8-19/h3-4,7,9H,1-2,5-6,8H2. The van der Waals surface area contributed by atoms with Gasteiger partial charge in [0, 0.05) is 37.5 Å². The summed E-state index contributed by atoms with van der Waals surface area (Å²) in [6.07, 6.45) is 6.35. The summed E-state index contributed by atoms with van der Waals surface area (Å²) in [7, 11) is 0. The molecular formula is C13H14BrN5. The van der Waals surface area contributed by atoms with E-state index in [1.807, 2.05) is 18.5 Å². The molecule has 0 radical (unpaired) electrons. The molecule has 0 N–H and O–H groups in total. The molecule has 0 aromatic carbocycles. The summed E-state index contributed by atoms with van der Waals surface area (Å²) < 4.78 is 3.09. The average molecular weight is 320 g/mol. The number of anilines is 1. The second-order valence-corrected chi connectivity index (χ2v) is 5.95. The SMILES string of the molecule is Brc1cc(N2CCn3ccnc3C2)nc(C2CC2)n1. The predicted octanol–water partition coefficient (Wildman–Crippen LogP) is 2.33. The van der Waals surface area contributed by atoms with Gasteiger partial charge >= 0.3 is 0 Å². The van der Waals surface area contributed by atoms with Gasteiger partial charge in [0.1, 0.15) is 22.1 Å². The van der Waals surface area contributed by atoms with Gasteiger partial charge in [-0.25, -0.2) is 15.0 Å². The Bertz CT molecular complexity index is 619. The fourth-order valence-electron chi connectivity index (χ4n) is 2.48. The van der Waals surface area contributed by atoms with Gasteiger partial charge in [-0.1, -0.05) is 0 Å². The molecule has 0 atom stereocenters. The molecule has 3 heterocycles. The van der Waals surface area contributed by atoms with Crippen molar-refractivity contribution in [2.24, 2.45) is 0 Å². The molecule has 2 aromatic heterocycles. The molecule has 2 aliphatic rings. The lowest BCUT2D eigenvalue weighted by Crippen LogP contribution is -2.34. The molecule has 98 valence electrons. The molecule has 1 aliphatic carbocycles. The van der Waals surface area contributed by atoms with E-state index in [1.165, 1.54) is 12.8 Å². The third-order valence-electron chi connectivity index (χ3n) is 3.71. The van der Waals surface area contributed by atoms with Crippen LogP contribution in [0.5, 0.6) is 0 Å². The van der Waals surface area contributed by atoms with Crippen LogP contribution in [0.3, 0.4) is 0 Å². The second kappa shape index (κ2) is 4.30. The lowest BCUT2D eigenvalue weighted by Gasteiger charge is -2.28. The van der Waals surface area contributed by atoms with Crippen LogP contribution < -0.4 is 4.90 Å². The molecule has 2 aromatic rings. The van der Waals surface area contributed by atoms with Crippen LogP contribution in [0.1, 0.15) is 30.4 Å². The van der Waals surface area contributed by atoms with Crippen molar-refractivity contribution in [1.29, 1.82) is 0 Å². The third-order valence-corrected chi connectivity index (χ3v) is 4.12. The zero-order valence-corrected chi connectivity index (χ0v) is 12.0. The molecule has 6 heteroatoms. The highest BCUT2D eigenvalue weighted by atomic mass is 79.9. The number of aromatic nitrogens is 4. The summed E-state index contributed by atoms with van der Waals surface area (Å²) in [6, 6.07) is 2.00. The van der Waals surface area contributed by atoms with Gasteiger partial charge in [0.15, 0.2) is 0 Å². The zero-order chi connectivity index (χ0) is 12.8. The first-order valence-electron chi connectivity index (χ1n) is 6.59. The highest BCUT2D eigenvalue weighted by Crippen LogP contribution is 2.39. The summed E-state index contributed by atoms with van der Waals surface area (Å²) in [6.45, 7) is 2.76. The van der Waals surface area contributed by atoms with Gasteiger partial charge in [-0.15, -0.1) is 0 Å². The number of nitrogens with zero attached hydrogens (tertiary/aromatic N) is 5. The Labute approximate surface area is 119 Å². The van der Waals surface area contributed by atoms with Crippen LogP contribution in [0.4, 0.5) is 5.82 Å². The van der Waals surface area contributed by atoms with Gasteiger partial charge < -0.3 is 9.47 Å². The van der Waals surface area contributed by atoms with Crippen molar-refractivity contribution in [1.82, 2.24) is 19.5 Å². The van der Waals surface area contributed by atoms with Gasteiger partial charge in [0.05, 0.1) is 6.54 Å². The highest BCUT2D eigenvalue weighted by molar-refractivity contribution is 9.10. The number of fused-ring (bicyclic) bond motifs is 1. The van der Waals surface area contributed by atoms with Crippen LogP contribution in [-0.2, 0) is 13.1 Å². The normalized spacial score (nSPS) is 18.5. The maximum atomic E-state index is 4.72. The van der Waals surface area contributed by atoms with Crippen molar-refractivity contribution in [3.8, 4) is 0 Å². The molecule has 0 saturated heterocycles. The van der Waals surface area contributed by atoms with Crippen LogP contribution in [0.15, 0.2) is 23.1 Å². The minimum Gasteiger partial charge on any atom is -0.347 e. The third kappa shape index (κ3) is 2.14. The number of halogens is 1. The number of hydrogen-bond acceptors (Lipinski definition) is 4. The largest absolute Gasteiger partial charge is 0.347 e. The lowest BCUT2D eigenvalue weighted by atomic mass is 10.3. The smallest absolute Gasteiger partial charge is 0.135 e. The van der Waals surface area contributed by atoms with Crippen LogP contribution in [0.2, 0.25) is 0 Å². The molecule has 0 amide bonds. The monoisotopic (exact) mass is 319 g/mol. The first-order valence-corrected chi connectivity index (χ1v) is 7.38.